The molecule has 1 amide bonds. The summed E-state index contributed by atoms with van der Waals surface area (Å²) in [5.41, 5.74) is 14.0. The lowest BCUT2D eigenvalue weighted by Crippen LogP contribution is -2.39. The van der Waals surface area contributed by atoms with Crippen molar-refractivity contribution in [1.82, 2.24) is 9.88 Å². The molecule has 0 unspecified atom stereocenters. The fourth-order valence-electron chi connectivity index (χ4n) is 2.62. The summed E-state index contributed by atoms with van der Waals surface area (Å²) in [5, 5.41) is 0.967. The van der Waals surface area contributed by atoms with Gasteiger partial charge in [0.2, 0.25) is 0 Å². The van der Waals surface area contributed by atoms with E-state index in [0.29, 0.717) is 18.7 Å². The van der Waals surface area contributed by atoms with Crippen molar-refractivity contribution in [3.63, 3.8) is 0 Å². The van der Waals surface area contributed by atoms with E-state index in [9.17, 15) is 4.79 Å². The molecule has 2 heterocycles. The lowest BCUT2D eigenvalue weighted by molar-refractivity contribution is 0.0788. The minimum absolute atomic E-state index is 0.0378. The van der Waals surface area contributed by atoms with Crippen molar-refractivity contribution in [3.05, 3.63) is 41.6 Å². The molecule has 1 aromatic heterocycles. The van der Waals surface area contributed by atoms with Crippen molar-refractivity contribution in [3.8, 4) is 0 Å². The second-order valence-electron chi connectivity index (χ2n) is 5.35. The number of para-hydroxylation sites is 1. The summed E-state index contributed by atoms with van der Waals surface area (Å²) in [5.74, 6) is -0.0378. The highest BCUT2D eigenvalue weighted by atomic mass is 16.2. The van der Waals surface area contributed by atoms with Crippen LogP contribution in [0.5, 0.6) is 0 Å². The van der Waals surface area contributed by atoms with Crippen molar-refractivity contribution in [2.45, 2.75) is 19.0 Å². The Labute approximate surface area is 117 Å². The second kappa shape index (κ2) is 4.85. The molecule has 2 atom stereocenters. The Balaban J connectivity index is 1.97. The van der Waals surface area contributed by atoms with Crippen LogP contribution in [0.1, 0.15) is 16.1 Å². The van der Waals surface area contributed by atoms with E-state index in [1.165, 1.54) is 0 Å². The third-order valence-corrected chi connectivity index (χ3v) is 3.84. The number of aromatic nitrogens is 1. The number of amides is 1. The summed E-state index contributed by atoms with van der Waals surface area (Å²) in [6.45, 7) is 2.87. The number of carbonyl (C=O) groups is 1. The molecule has 0 aliphatic carbocycles. The minimum atomic E-state index is -0.146. The number of pyridine rings is 1. The third kappa shape index (κ3) is 2.15. The number of carbonyl (C=O) groups excluding carboxylic acids is 1. The van der Waals surface area contributed by atoms with E-state index in [-0.39, 0.29) is 18.0 Å². The smallest absolute Gasteiger partial charge is 0.255 e. The fourth-order valence-corrected chi connectivity index (χ4v) is 2.62. The minimum Gasteiger partial charge on any atom is -0.335 e. The Morgan fingerprint density at radius 2 is 1.90 bits per heavy atom. The van der Waals surface area contributed by atoms with Gasteiger partial charge in [0.1, 0.15) is 0 Å². The van der Waals surface area contributed by atoms with E-state index < -0.39 is 0 Å². The molecule has 4 N–H and O–H groups in total. The lowest BCUT2D eigenvalue weighted by Gasteiger charge is -2.17. The summed E-state index contributed by atoms with van der Waals surface area (Å²) in [6, 6.07) is 9.39. The van der Waals surface area contributed by atoms with Crippen molar-refractivity contribution in [2.24, 2.45) is 11.5 Å². The van der Waals surface area contributed by atoms with Crippen LogP contribution in [0.4, 0.5) is 0 Å². The van der Waals surface area contributed by atoms with Crippen LogP contribution in [0.3, 0.4) is 0 Å². The van der Waals surface area contributed by atoms with Crippen molar-refractivity contribution in [2.75, 3.05) is 13.1 Å². The fraction of sp³-hybridized carbons (Fsp3) is 0.333. The highest BCUT2D eigenvalue weighted by Gasteiger charge is 2.31. The summed E-state index contributed by atoms with van der Waals surface area (Å²) < 4.78 is 0. The number of aryl methyl sites for hydroxylation is 1. The van der Waals surface area contributed by atoms with E-state index in [1.807, 2.05) is 37.3 Å². The zero-order chi connectivity index (χ0) is 14.3. The van der Waals surface area contributed by atoms with Gasteiger partial charge in [0.25, 0.3) is 5.91 Å². The largest absolute Gasteiger partial charge is 0.335 e. The van der Waals surface area contributed by atoms with Crippen LogP contribution in [-0.4, -0.2) is 41.0 Å². The van der Waals surface area contributed by atoms with E-state index in [0.717, 1.165) is 16.6 Å². The molecule has 2 aromatic rings. The number of nitrogens with two attached hydrogens (primary N) is 2. The van der Waals surface area contributed by atoms with Crippen LogP contribution in [0.2, 0.25) is 0 Å². The van der Waals surface area contributed by atoms with Gasteiger partial charge in [-0.3, -0.25) is 9.78 Å². The Morgan fingerprint density at radius 1 is 1.25 bits per heavy atom. The van der Waals surface area contributed by atoms with Gasteiger partial charge in [0.15, 0.2) is 0 Å². The SMILES string of the molecule is Cc1nc2ccccc2cc1C(=O)N1C[C@@H](N)[C@H](N)C1. The average molecular weight is 270 g/mol. The molecule has 1 fully saturated rings. The van der Waals surface area contributed by atoms with Crippen molar-refractivity contribution in [1.29, 1.82) is 0 Å². The molecule has 20 heavy (non-hydrogen) atoms. The maximum Gasteiger partial charge on any atom is 0.255 e. The Morgan fingerprint density at radius 3 is 2.60 bits per heavy atom. The van der Waals surface area contributed by atoms with Gasteiger partial charge in [-0.25, -0.2) is 0 Å². The van der Waals surface area contributed by atoms with Gasteiger partial charge in [0.05, 0.1) is 16.8 Å². The summed E-state index contributed by atoms with van der Waals surface area (Å²) >= 11 is 0. The van der Waals surface area contributed by atoms with E-state index in [4.69, 9.17) is 11.5 Å². The molecule has 1 saturated heterocycles. The number of benzene rings is 1. The Kier molecular flexibility index (Phi) is 3.16. The quantitative estimate of drug-likeness (QED) is 0.797. The van der Waals surface area contributed by atoms with E-state index in [2.05, 4.69) is 4.98 Å². The first-order chi connectivity index (χ1) is 9.56. The van der Waals surface area contributed by atoms with Gasteiger partial charge in [-0.2, -0.15) is 0 Å². The number of hydrogen-bond donors (Lipinski definition) is 2. The summed E-state index contributed by atoms with van der Waals surface area (Å²) in [4.78, 5) is 18.8. The molecule has 3 rings (SSSR count). The first-order valence-electron chi connectivity index (χ1n) is 6.73. The highest BCUT2D eigenvalue weighted by Crippen LogP contribution is 2.19. The molecule has 0 radical (unpaired) electrons. The van der Waals surface area contributed by atoms with Gasteiger partial charge in [-0.15, -0.1) is 0 Å². The van der Waals surface area contributed by atoms with Crippen LogP contribution < -0.4 is 11.5 Å². The molecule has 0 saturated carbocycles. The number of fused-ring (bicyclic) bond motifs is 1. The van der Waals surface area contributed by atoms with E-state index >= 15 is 0 Å². The highest BCUT2D eigenvalue weighted by molar-refractivity contribution is 5.98. The molecule has 5 heteroatoms. The van der Waals surface area contributed by atoms with Gasteiger partial charge in [-0.1, -0.05) is 18.2 Å². The number of hydrogen-bond acceptors (Lipinski definition) is 4. The maximum atomic E-state index is 12.6. The molecule has 1 aliphatic rings. The summed E-state index contributed by atoms with van der Waals surface area (Å²) in [6.07, 6.45) is 0. The number of rotatable bonds is 1. The van der Waals surface area contributed by atoms with Crippen LogP contribution in [-0.2, 0) is 0 Å². The predicted molar refractivity (Wildman–Crippen MR) is 78.3 cm³/mol. The van der Waals surface area contributed by atoms with E-state index in [1.54, 1.807) is 4.90 Å². The number of nitrogens with zero attached hydrogens (tertiary/aromatic N) is 2. The van der Waals surface area contributed by atoms with Gasteiger partial charge in [-0.05, 0) is 19.1 Å². The zero-order valence-corrected chi connectivity index (χ0v) is 11.4. The van der Waals surface area contributed by atoms with Crippen molar-refractivity contribution < 1.29 is 4.79 Å². The topological polar surface area (TPSA) is 85.2 Å². The monoisotopic (exact) mass is 270 g/mol. The molecular weight excluding hydrogens is 252 g/mol. The standard InChI is InChI=1S/C15H18N4O/c1-9-11(6-10-4-2-3-5-14(10)18-9)15(20)19-7-12(16)13(17)8-19/h2-6,12-13H,7-8,16-17H2,1H3/t12-,13-/m1/s1. The first kappa shape index (κ1) is 13.0. The maximum absolute atomic E-state index is 12.6. The van der Waals surface area contributed by atoms with Crippen molar-refractivity contribution >= 4 is 16.8 Å². The van der Waals surface area contributed by atoms with Crippen LogP contribution in [0.25, 0.3) is 10.9 Å². The molecule has 0 spiro atoms. The van der Waals surface area contributed by atoms with Crippen LogP contribution in [0, 0.1) is 6.92 Å². The van der Waals surface area contributed by atoms with Gasteiger partial charge >= 0.3 is 0 Å². The zero-order valence-electron chi connectivity index (χ0n) is 11.4. The van der Waals surface area contributed by atoms with Gasteiger partial charge < -0.3 is 16.4 Å². The van der Waals surface area contributed by atoms with Crippen LogP contribution in [0.15, 0.2) is 30.3 Å². The van der Waals surface area contributed by atoms with Crippen LogP contribution >= 0.6 is 0 Å². The first-order valence-corrected chi connectivity index (χ1v) is 6.73. The summed E-state index contributed by atoms with van der Waals surface area (Å²) in [7, 11) is 0. The lowest BCUT2D eigenvalue weighted by atomic mass is 10.1. The molecule has 5 nitrogen and oxygen atoms in total. The number of likely N-dealkylation sites (tertiary alicyclic amines) is 1. The molecule has 1 aromatic carbocycles. The Hall–Kier alpha value is -1.98. The second-order valence-corrected chi connectivity index (χ2v) is 5.35. The molecular formula is C15H18N4O. The normalized spacial score (nSPS) is 22.4. The molecule has 104 valence electrons. The third-order valence-electron chi connectivity index (χ3n) is 3.84. The average Bonchev–Trinajstić information content (AvgIpc) is 2.77. The molecule has 0 bridgehead atoms. The predicted octanol–water partition coefficient (Wildman–Crippen LogP) is 0.654. The Bertz CT molecular complexity index is 660. The van der Waals surface area contributed by atoms with Gasteiger partial charge in [0, 0.05) is 30.6 Å². The molecule has 1 aliphatic heterocycles.